The number of fused-ring (bicyclic) bond motifs is 1. The van der Waals surface area contributed by atoms with Gasteiger partial charge in [-0.1, -0.05) is 48.2 Å². The lowest BCUT2D eigenvalue weighted by atomic mass is 10.1. The molecule has 0 spiro atoms. The van der Waals surface area contributed by atoms with Gasteiger partial charge in [-0.15, -0.1) is 17.9 Å². The van der Waals surface area contributed by atoms with Crippen LogP contribution in [0.2, 0.25) is 0 Å². The van der Waals surface area contributed by atoms with Crippen molar-refractivity contribution in [1.29, 1.82) is 0 Å². The van der Waals surface area contributed by atoms with Crippen LogP contribution >= 0.6 is 23.1 Å². The van der Waals surface area contributed by atoms with Crippen molar-refractivity contribution in [1.82, 2.24) is 9.55 Å². The molecule has 2 aromatic heterocycles. The minimum absolute atomic E-state index is 0.176. The first kappa shape index (κ1) is 17.4. The van der Waals surface area contributed by atoms with Gasteiger partial charge in [0.2, 0.25) is 0 Å². The van der Waals surface area contributed by atoms with Gasteiger partial charge in [-0.3, -0.25) is 14.2 Å². The van der Waals surface area contributed by atoms with Crippen LogP contribution in [-0.4, -0.2) is 25.9 Å². The van der Waals surface area contributed by atoms with Gasteiger partial charge in [0, 0.05) is 17.5 Å². The lowest BCUT2D eigenvalue weighted by Gasteiger charge is -2.12. The van der Waals surface area contributed by atoms with Crippen molar-refractivity contribution in [3.05, 3.63) is 58.7 Å². The molecule has 3 rings (SSSR count). The van der Waals surface area contributed by atoms with Gasteiger partial charge in [-0.25, -0.2) is 4.98 Å². The maximum atomic E-state index is 13.1. The largest absolute Gasteiger partial charge is 0.480 e. The molecule has 0 aliphatic heterocycles. The predicted molar refractivity (Wildman–Crippen MR) is 102 cm³/mol. The van der Waals surface area contributed by atoms with Gasteiger partial charge < -0.3 is 5.11 Å². The van der Waals surface area contributed by atoms with Crippen LogP contribution in [0.3, 0.4) is 0 Å². The summed E-state index contributed by atoms with van der Waals surface area (Å²) in [6.07, 6.45) is 1.61. The maximum absolute atomic E-state index is 13.1. The number of hydrogen-bond donors (Lipinski definition) is 1. The van der Waals surface area contributed by atoms with Crippen molar-refractivity contribution >= 4 is 39.3 Å². The highest BCUT2D eigenvalue weighted by atomic mass is 32.2. The summed E-state index contributed by atoms with van der Waals surface area (Å²) >= 11 is 2.45. The van der Waals surface area contributed by atoms with Crippen molar-refractivity contribution < 1.29 is 9.90 Å². The van der Waals surface area contributed by atoms with Crippen molar-refractivity contribution in [2.75, 3.05) is 0 Å². The minimum Gasteiger partial charge on any atom is -0.480 e. The molecule has 1 aromatic carbocycles. The van der Waals surface area contributed by atoms with E-state index in [0.717, 1.165) is 22.9 Å². The Morgan fingerprint density at radius 1 is 1.44 bits per heavy atom. The second-order valence-corrected chi connectivity index (χ2v) is 7.56. The number of thiophene rings is 1. The van der Waals surface area contributed by atoms with Crippen LogP contribution in [0.4, 0.5) is 0 Å². The molecule has 1 N–H and O–H groups in total. The van der Waals surface area contributed by atoms with Gasteiger partial charge in [0.15, 0.2) is 5.16 Å². The molecule has 2 heterocycles. The number of rotatable bonds is 6. The lowest BCUT2D eigenvalue weighted by molar-refractivity contribution is -0.136. The molecular formula is C18H16N2O3S2. The molecule has 128 valence electrons. The molecule has 3 aromatic rings. The predicted octanol–water partition coefficient (Wildman–Crippen LogP) is 3.88. The van der Waals surface area contributed by atoms with Crippen LogP contribution in [0.25, 0.3) is 21.3 Å². The summed E-state index contributed by atoms with van der Waals surface area (Å²) in [4.78, 5) is 29.4. The van der Waals surface area contributed by atoms with E-state index in [2.05, 4.69) is 11.6 Å². The highest BCUT2D eigenvalue weighted by Gasteiger charge is 2.20. The monoisotopic (exact) mass is 372 g/mol. The fourth-order valence-corrected chi connectivity index (χ4v) is 4.27. The molecule has 0 amide bonds. The number of carboxylic acids is 1. The van der Waals surface area contributed by atoms with E-state index in [1.165, 1.54) is 15.9 Å². The molecule has 0 saturated carbocycles. The summed E-state index contributed by atoms with van der Waals surface area (Å²) in [5, 5.41) is 11.3. The summed E-state index contributed by atoms with van der Waals surface area (Å²) in [7, 11) is 0. The number of aliphatic carboxylic acids is 1. The van der Waals surface area contributed by atoms with Gasteiger partial charge in [0.05, 0.1) is 5.39 Å². The molecule has 0 aliphatic carbocycles. The topological polar surface area (TPSA) is 72.2 Å². The Hall–Kier alpha value is -2.38. The summed E-state index contributed by atoms with van der Waals surface area (Å²) in [5.41, 5.74) is 1.63. The number of hydrogen-bond acceptors (Lipinski definition) is 5. The Kier molecular flexibility index (Phi) is 5.06. The average molecular weight is 372 g/mol. The van der Waals surface area contributed by atoms with E-state index in [0.29, 0.717) is 15.4 Å². The van der Waals surface area contributed by atoms with Gasteiger partial charge >= 0.3 is 5.97 Å². The van der Waals surface area contributed by atoms with Crippen LogP contribution in [0.5, 0.6) is 0 Å². The Morgan fingerprint density at radius 3 is 2.80 bits per heavy atom. The first-order chi connectivity index (χ1) is 12.0. The van der Waals surface area contributed by atoms with Gasteiger partial charge in [-0.05, 0) is 12.5 Å². The third-order valence-electron chi connectivity index (χ3n) is 3.69. The number of allylic oxidation sites excluding steroid dienone is 1. The Labute approximate surface area is 152 Å². The lowest BCUT2D eigenvalue weighted by Crippen LogP contribution is -2.24. The van der Waals surface area contributed by atoms with Crippen molar-refractivity contribution in [2.45, 2.75) is 23.9 Å². The number of benzene rings is 1. The fraction of sp³-hybridized carbons (Fsp3) is 0.167. The molecule has 25 heavy (non-hydrogen) atoms. The zero-order valence-electron chi connectivity index (χ0n) is 13.5. The zero-order valence-corrected chi connectivity index (χ0v) is 15.1. The zero-order chi connectivity index (χ0) is 18.0. The molecule has 0 saturated heterocycles. The Bertz CT molecular complexity index is 993. The third kappa shape index (κ3) is 3.38. The molecule has 0 unspecified atom stereocenters. The van der Waals surface area contributed by atoms with Crippen molar-refractivity contribution in [3.8, 4) is 11.1 Å². The van der Waals surface area contributed by atoms with Crippen LogP contribution in [-0.2, 0) is 11.3 Å². The number of aromatic nitrogens is 2. The van der Waals surface area contributed by atoms with Crippen LogP contribution in [0.1, 0.15) is 6.92 Å². The highest BCUT2D eigenvalue weighted by molar-refractivity contribution is 8.00. The van der Waals surface area contributed by atoms with Crippen LogP contribution in [0, 0.1) is 0 Å². The quantitative estimate of drug-likeness (QED) is 0.404. The Morgan fingerprint density at radius 2 is 2.16 bits per heavy atom. The molecule has 0 aliphatic rings. The number of carboxylic acid groups (broad SMARTS) is 1. The van der Waals surface area contributed by atoms with E-state index >= 15 is 0 Å². The molecule has 5 nitrogen and oxygen atoms in total. The van der Waals surface area contributed by atoms with E-state index in [1.54, 1.807) is 13.0 Å². The molecular weight excluding hydrogens is 356 g/mol. The maximum Gasteiger partial charge on any atom is 0.316 e. The second-order valence-electron chi connectivity index (χ2n) is 5.39. The number of carbonyl (C=O) groups is 1. The van der Waals surface area contributed by atoms with Crippen LogP contribution in [0.15, 0.2) is 58.3 Å². The van der Waals surface area contributed by atoms with Gasteiger partial charge in [0.25, 0.3) is 5.56 Å². The average Bonchev–Trinajstić information content (AvgIpc) is 3.03. The normalized spacial score (nSPS) is 12.2. The SMILES string of the molecule is C=CCn1c(S[C@@H](C)C(=O)O)nc2scc(-c3ccccc3)c2c1=O. The summed E-state index contributed by atoms with van der Waals surface area (Å²) in [5.74, 6) is -0.944. The molecule has 0 radical (unpaired) electrons. The fourth-order valence-electron chi connectivity index (χ4n) is 2.42. The van der Waals surface area contributed by atoms with Gasteiger partial charge in [-0.2, -0.15) is 0 Å². The molecule has 0 fully saturated rings. The van der Waals surface area contributed by atoms with E-state index in [4.69, 9.17) is 5.11 Å². The number of nitrogens with zero attached hydrogens (tertiary/aromatic N) is 2. The summed E-state index contributed by atoms with van der Waals surface area (Å²) in [6, 6.07) is 9.68. The smallest absolute Gasteiger partial charge is 0.316 e. The Balaban J connectivity index is 2.21. The van der Waals surface area contributed by atoms with Gasteiger partial charge in [0.1, 0.15) is 10.1 Å². The minimum atomic E-state index is -0.944. The summed E-state index contributed by atoms with van der Waals surface area (Å²) in [6.45, 7) is 5.54. The molecule has 0 bridgehead atoms. The van der Waals surface area contributed by atoms with E-state index in [9.17, 15) is 9.59 Å². The van der Waals surface area contributed by atoms with Crippen molar-refractivity contribution in [2.24, 2.45) is 0 Å². The van der Waals surface area contributed by atoms with Crippen molar-refractivity contribution in [3.63, 3.8) is 0 Å². The van der Waals surface area contributed by atoms with E-state index in [-0.39, 0.29) is 12.1 Å². The van der Waals surface area contributed by atoms with E-state index < -0.39 is 11.2 Å². The first-order valence-corrected chi connectivity index (χ1v) is 9.36. The highest BCUT2D eigenvalue weighted by Crippen LogP contribution is 2.32. The molecule has 7 heteroatoms. The number of thioether (sulfide) groups is 1. The molecule has 1 atom stereocenters. The third-order valence-corrected chi connectivity index (χ3v) is 5.64. The first-order valence-electron chi connectivity index (χ1n) is 7.60. The second kappa shape index (κ2) is 7.25. The summed E-state index contributed by atoms with van der Waals surface area (Å²) < 4.78 is 1.48. The van der Waals surface area contributed by atoms with E-state index in [1.807, 2.05) is 35.7 Å². The standard InChI is InChI=1S/C18H16N2O3S2/c1-3-9-20-16(21)14-13(12-7-5-4-6-8-12)10-24-15(14)19-18(20)25-11(2)17(22)23/h3-8,10-11H,1,9H2,2H3,(H,22,23)/t11-/m0/s1. The van der Waals surface area contributed by atoms with Crippen LogP contribution < -0.4 is 5.56 Å².